The molecule has 4 unspecified atom stereocenters. The van der Waals surface area contributed by atoms with Crippen molar-refractivity contribution in [2.45, 2.75) is 78.0 Å². The van der Waals surface area contributed by atoms with E-state index >= 15 is 0 Å². The third-order valence-electron chi connectivity index (χ3n) is 5.55. The molecule has 1 heterocycles. The van der Waals surface area contributed by atoms with E-state index in [-0.39, 0.29) is 23.5 Å². The minimum atomic E-state index is -0.377. The van der Waals surface area contributed by atoms with Gasteiger partial charge in [-0.05, 0) is 71.4 Å². The van der Waals surface area contributed by atoms with Crippen LogP contribution in [0.15, 0.2) is 30.3 Å². The first-order chi connectivity index (χ1) is 14.7. The Bertz CT molecular complexity index is 685. The SMILES string of the molecule is CC1COCCC1NC1CCC(C(=O)OC(C)(C)C)C1.CCOC(=O)c1ccccc1. The summed E-state index contributed by atoms with van der Waals surface area (Å²) in [7, 11) is 0. The van der Waals surface area contributed by atoms with Crippen molar-refractivity contribution in [3.05, 3.63) is 35.9 Å². The van der Waals surface area contributed by atoms with E-state index in [1.54, 1.807) is 19.1 Å². The smallest absolute Gasteiger partial charge is 0.338 e. The van der Waals surface area contributed by atoms with Crippen LogP contribution in [0.25, 0.3) is 0 Å². The lowest BCUT2D eigenvalue weighted by Gasteiger charge is -2.32. The summed E-state index contributed by atoms with van der Waals surface area (Å²) in [5.74, 6) is 0.348. The molecular formula is C25H39NO5. The summed E-state index contributed by atoms with van der Waals surface area (Å²) in [6.45, 7) is 11.9. The zero-order valence-electron chi connectivity index (χ0n) is 19.7. The maximum absolute atomic E-state index is 12.1. The number of nitrogens with one attached hydrogen (secondary N) is 1. The van der Waals surface area contributed by atoms with Crippen molar-refractivity contribution in [3.8, 4) is 0 Å². The summed E-state index contributed by atoms with van der Waals surface area (Å²) in [6, 6.07) is 9.95. The average molecular weight is 434 g/mol. The molecule has 1 aliphatic heterocycles. The van der Waals surface area contributed by atoms with Crippen LogP contribution in [0.1, 0.15) is 70.7 Å². The highest BCUT2D eigenvalue weighted by molar-refractivity contribution is 5.89. The second kappa shape index (κ2) is 12.2. The van der Waals surface area contributed by atoms with Crippen LogP contribution in [0, 0.1) is 11.8 Å². The monoisotopic (exact) mass is 433 g/mol. The van der Waals surface area contributed by atoms with Gasteiger partial charge in [-0.25, -0.2) is 4.79 Å². The lowest BCUT2D eigenvalue weighted by molar-refractivity contribution is -0.159. The zero-order valence-corrected chi connectivity index (χ0v) is 19.7. The number of carbonyl (C=O) groups is 2. The van der Waals surface area contributed by atoms with Gasteiger partial charge in [0.2, 0.25) is 0 Å². The predicted molar refractivity (Wildman–Crippen MR) is 121 cm³/mol. The highest BCUT2D eigenvalue weighted by atomic mass is 16.6. The molecule has 1 aromatic carbocycles. The van der Waals surface area contributed by atoms with Gasteiger partial charge in [0.25, 0.3) is 0 Å². The fourth-order valence-corrected chi connectivity index (χ4v) is 3.95. The van der Waals surface area contributed by atoms with Crippen LogP contribution < -0.4 is 5.32 Å². The van der Waals surface area contributed by atoms with Crippen molar-refractivity contribution in [1.82, 2.24) is 5.32 Å². The number of hydrogen-bond donors (Lipinski definition) is 1. The van der Waals surface area contributed by atoms with E-state index in [4.69, 9.17) is 14.2 Å². The average Bonchev–Trinajstić information content (AvgIpc) is 3.19. The molecule has 31 heavy (non-hydrogen) atoms. The van der Waals surface area contributed by atoms with E-state index in [0.717, 1.165) is 38.9 Å². The van der Waals surface area contributed by atoms with Crippen LogP contribution in [0.3, 0.4) is 0 Å². The minimum absolute atomic E-state index is 0.0261. The Balaban J connectivity index is 0.000000262. The first kappa shape index (κ1) is 25.3. The molecule has 1 saturated carbocycles. The van der Waals surface area contributed by atoms with E-state index in [2.05, 4.69) is 12.2 Å². The Labute approximate surface area is 187 Å². The van der Waals surface area contributed by atoms with E-state index in [1.165, 1.54) is 0 Å². The molecule has 0 bridgehead atoms. The molecule has 2 fully saturated rings. The van der Waals surface area contributed by atoms with Gasteiger partial charge in [0.15, 0.2) is 0 Å². The number of rotatable bonds is 5. The maximum Gasteiger partial charge on any atom is 0.338 e. The fourth-order valence-electron chi connectivity index (χ4n) is 3.95. The number of hydrogen-bond acceptors (Lipinski definition) is 6. The number of carbonyl (C=O) groups excluding carboxylic acids is 2. The Hall–Kier alpha value is -1.92. The van der Waals surface area contributed by atoms with Crippen molar-refractivity contribution < 1.29 is 23.8 Å². The van der Waals surface area contributed by atoms with Crippen LogP contribution in [0.5, 0.6) is 0 Å². The Morgan fingerprint density at radius 1 is 1.13 bits per heavy atom. The maximum atomic E-state index is 12.1. The first-order valence-corrected chi connectivity index (χ1v) is 11.5. The molecule has 6 heteroatoms. The lowest BCUT2D eigenvalue weighted by Crippen LogP contribution is -2.45. The van der Waals surface area contributed by atoms with Crippen LogP contribution in [-0.4, -0.2) is 49.4 Å². The molecule has 0 amide bonds. The van der Waals surface area contributed by atoms with Crippen LogP contribution >= 0.6 is 0 Å². The third kappa shape index (κ3) is 8.99. The predicted octanol–water partition coefficient (Wildman–Crippen LogP) is 4.37. The zero-order chi connectivity index (χ0) is 22.9. The van der Waals surface area contributed by atoms with Crippen molar-refractivity contribution in [1.29, 1.82) is 0 Å². The van der Waals surface area contributed by atoms with Gasteiger partial charge in [-0.1, -0.05) is 25.1 Å². The highest BCUT2D eigenvalue weighted by Crippen LogP contribution is 2.29. The second-order valence-electron chi connectivity index (χ2n) is 9.44. The molecule has 1 aliphatic carbocycles. The third-order valence-corrected chi connectivity index (χ3v) is 5.55. The largest absolute Gasteiger partial charge is 0.462 e. The van der Waals surface area contributed by atoms with Gasteiger partial charge in [0.05, 0.1) is 24.7 Å². The standard InChI is InChI=1S/C16H29NO3.C9H10O2/c1-11-10-19-8-7-14(11)17-13-6-5-12(9-13)15(18)20-16(2,3)4;1-2-11-9(10)8-6-4-3-5-7-8/h11-14,17H,5-10H2,1-4H3;3-7H,2H2,1H3. The van der Waals surface area contributed by atoms with Gasteiger partial charge in [-0.3, -0.25) is 4.79 Å². The van der Waals surface area contributed by atoms with Crippen molar-refractivity contribution in [2.24, 2.45) is 11.8 Å². The van der Waals surface area contributed by atoms with Crippen molar-refractivity contribution >= 4 is 11.9 Å². The highest BCUT2D eigenvalue weighted by Gasteiger charge is 2.35. The van der Waals surface area contributed by atoms with Gasteiger partial charge in [-0.15, -0.1) is 0 Å². The van der Waals surface area contributed by atoms with E-state index in [9.17, 15) is 9.59 Å². The van der Waals surface area contributed by atoms with E-state index in [0.29, 0.717) is 30.2 Å². The first-order valence-electron chi connectivity index (χ1n) is 11.5. The van der Waals surface area contributed by atoms with Gasteiger partial charge < -0.3 is 19.5 Å². The summed E-state index contributed by atoms with van der Waals surface area (Å²) in [5.41, 5.74) is 0.229. The molecule has 1 N–H and O–H groups in total. The molecule has 0 radical (unpaired) electrons. The number of esters is 2. The summed E-state index contributed by atoms with van der Waals surface area (Å²) in [5, 5.41) is 3.73. The summed E-state index contributed by atoms with van der Waals surface area (Å²) < 4.78 is 15.8. The van der Waals surface area contributed by atoms with Gasteiger partial charge >= 0.3 is 11.9 Å². The molecule has 2 aliphatic rings. The molecule has 0 aromatic heterocycles. The topological polar surface area (TPSA) is 73.9 Å². The molecular weight excluding hydrogens is 394 g/mol. The summed E-state index contributed by atoms with van der Waals surface area (Å²) in [6.07, 6.45) is 4.02. The Morgan fingerprint density at radius 2 is 1.84 bits per heavy atom. The van der Waals surface area contributed by atoms with Crippen molar-refractivity contribution in [3.63, 3.8) is 0 Å². The summed E-state index contributed by atoms with van der Waals surface area (Å²) in [4.78, 5) is 23.1. The normalized spacial score (nSPS) is 25.8. The van der Waals surface area contributed by atoms with Gasteiger partial charge in [0.1, 0.15) is 5.60 Å². The lowest BCUT2D eigenvalue weighted by atomic mass is 9.96. The molecule has 0 spiro atoms. The molecule has 1 aromatic rings. The fraction of sp³-hybridized carbons (Fsp3) is 0.680. The molecule has 3 rings (SSSR count). The number of ether oxygens (including phenoxy) is 3. The minimum Gasteiger partial charge on any atom is -0.462 e. The van der Waals surface area contributed by atoms with Crippen LogP contribution in [-0.2, 0) is 19.0 Å². The van der Waals surface area contributed by atoms with Crippen LogP contribution in [0.4, 0.5) is 0 Å². The van der Waals surface area contributed by atoms with E-state index < -0.39 is 0 Å². The molecule has 6 nitrogen and oxygen atoms in total. The Morgan fingerprint density at radius 3 is 2.45 bits per heavy atom. The second-order valence-corrected chi connectivity index (χ2v) is 9.44. The quantitative estimate of drug-likeness (QED) is 0.695. The molecule has 1 saturated heterocycles. The molecule has 174 valence electrons. The molecule has 4 atom stereocenters. The van der Waals surface area contributed by atoms with Gasteiger partial charge in [-0.2, -0.15) is 0 Å². The Kier molecular flexibility index (Phi) is 9.97. The van der Waals surface area contributed by atoms with Gasteiger partial charge in [0, 0.05) is 18.7 Å². The van der Waals surface area contributed by atoms with Crippen molar-refractivity contribution in [2.75, 3.05) is 19.8 Å². The summed E-state index contributed by atoms with van der Waals surface area (Å²) >= 11 is 0. The van der Waals surface area contributed by atoms with E-state index in [1.807, 2.05) is 39.0 Å². The number of benzene rings is 1. The van der Waals surface area contributed by atoms with Crippen LogP contribution in [0.2, 0.25) is 0 Å².